The van der Waals surface area contributed by atoms with Crippen LogP contribution in [0.5, 0.6) is 0 Å². The zero-order chi connectivity index (χ0) is 15.2. The van der Waals surface area contributed by atoms with Gasteiger partial charge in [-0.2, -0.15) is 0 Å². The van der Waals surface area contributed by atoms with Crippen LogP contribution in [0.25, 0.3) is 16.7 Å². The molecule has 2 aliphatic rings. The average molecular weight is 307 g/mol. The predicted molar refractivity (Wildman–Crippen MR) is 89.8 cm³/mol. The van der Waals surface area contributed by atoms with E-state index in [2.05, 4.69) is 37.2 Å². The Morgan fingerprint density at radius 2 is 2.04 bits per heavy atom. The number of hydrogen-bond donors (Lipinski definition) is 0. The summed E-state index contributed by atoms with van der Waals surface area (Å²) < 4.78 is 4.48. The molecule has 0 atom stereocenters. The van der Waals surface area contributed by atoms with Crippen LogP contribution in [-0.2, 0) is 13.0 Å². The molecule has 3 heterocycles. The van der Waals surface area contributed by atoms with E-state index in [1.807, 2.05) is 18.7 Å². The lowest BCUT2D eigenvalue weighted by atomic mass is 9.91. The van der Waals surface area contributed by atoms with Crippen molar-refractivity contribution in [1.82, 2.24) is 24.0 Å². The van der Waals surface area contributed by atoms with Crippen molar-refractivity contribution < 1.29 is 0 Å². The molecule has 23 heavy (non-hydrogen) atoms. The van der Waals surface area contributed by atoms with Gasteiger partial charge in [0.2, 0.25) is 0 Å². The molecule has 1 aliphatic carbocycles. The topological polar surface area (TPSA) is 38.9 Å². The zero-order valence-electron chi connectivity index (χ0n) is 13.2. The summed E-state index contributed by atoms with van der Waals surface area (Å²) in [6.45, 7) is 3.36. The number of imidazole rings is 2. The van der Waals surface area contributed by atoms with E-state index in [-0.39, 0.29) is 0 Å². The molecule has 5 rings (SSSR count). The summed E-state index contributed by atoms with van der Waals surface area (Å²) in [5, 5.41) is 0. The Bertz CT molecular complexity index is 829. The van der Waals surface area contributed by atoms with Gasteiger partial charge < -0.3 is 9.13 Å². The molecular weight excluding hydrogens is 286 g/mol. The highest BCUT2D eigenvalue weighted by Crippen LogP contribution is 2.27. The first-order chi connectivity index (χ1) is 11.4. The van der Waals surface area contributed by atoms with E-state index in [4.69, 9.17) is 4.98 Å². The van der Waals surface area contributed by atoms with Crippen LogP contribution < -0.4 is 0 Å². The van der Waals surface area contributed by atoms with Crippen molar-refractivity contribution in [1.29, 1.82) is 0 Å². The van der Waals surface area contributed by atoms with Crippen LogP contribution in [0.15, 0.2) is 36.9 Å². The first-order valence-electron chi connectivity index (χ1n) is 8.60. The zero-order valence-corrected chi connectivity index (χ0v) is 13.2. The minimum atomic E-state index is 0.826. The molecular formula is C18H21N5. The van der Waals surface area contributed by atoms with E-state index in [1.54, 1.807) is 0 Å². The molecule has 2 aromatic heterocycles. The van der Waals surface area contributed by atoms with Gasteiger partial charge in [-0.25, -0.2) is 9.97 Å². The minimum absolute atomic E-state index is 0.826. The minimum Gasteiger partial charge on any atom is -0.327 e. The van der Waals surface area contributed by atoms with Gasteiger partial charge >= 0.3 is 0 Å². The van der Waals surface area contributed by atoms with Gasteiger partial charge in [0.1, 0.15) is 5.82 Å². The number of fused-ring (bicyclic) bond motifs is 3. The number of rotatable bonds is 2. The summed E-state index contributed by atoms with van der Waals surface area (Å²) in [6, 6.07) is 7.33. The van der Waals surface area contributed by atoms with Crippen LogP contribution in [0.4, 0.5) is 0 Å². The normalized spacial score (nSPS) is 19.5. The van der Waals surface area contributed by atoms with Crippen molar-refractivity contribution >= 4 is 11.0 Å². The molecule has 1 fully saturated rings. The van der Waals surface area contributed by atoms with Crippen molar-refractivity contribution in [3.63, 3.8) is 0 Å². The molecule has 5 nitrogen and oxygen atoms in total. The quantitative estimate of drug-likeness (QED) is 0.730. The van der Waals surface area contributed by atoms with E-state index in [9.17, 15) is 0 Å². The van der Waals surface area contributed by atoms with Crippen LogP contribution in [0.3, 0.4) is 0 Å². The maximum atomic E-state index is 4.88. The Balaban J connectivity index is 1.51. The predicted octanol–water partition coefficient (Wildman–Crippen LogP) is 2.63. The summed E-state index contributed by atoms with van der Waals surface area (Å²) in [6.07, 6.45) is 10.9. The molecule has 1 aromatic carbocycles. The maximum absolute atomic E-state index is 4.88. The van der Waals surface area contributed by atoms with Crippen molar-refractivity contribution in [3.05, 3.63) is 42.7 Å². The van der Waals surface area contributed by atoms with E-state index in [1.165, 1.54) is 30.6 Å². The van der Waals surface area contributed by atoms with Crippen molar-refractivity contribution in [3.8, 4) is 5.69 Å². The van der Waals surface area contributed by atoms with Gasteiger partial charge in [0.15, 0.2) is 0 Å². The first-order valence-corrected chi connectivity index (χ1v) is 8.60. The second-order valence-electron chi connectivity index (χ2n) is 6.69. The van der Waals surface area contributed by atoms with Gasteiger partial charge in [0, 0.05) is 50.2 Å². The molecule has 0 spiro atoms. The Kier molecular flexibility index (Phi) is 3.01. The fraction of sp³-hybridized carbons (Fsp3) is 0.444. The first kappa shape index (κ1) is 13.3. The Hall–Kier alpha value is -2.14. The summed E-state index contributed by atoms with van der Waals surface area (Å²) in [5.74, 6) is 1.24. The molecule has 3 aromatic rings. The smallest absolute Gasteiger partial charge is 0.111 e. The Morgan fingerprint density at radius 1 is 1.09 bits per heavy atom. The number of aromatic nitrogens is 4. The number of nitrogens with zero attached hydrogens (tertiary/aromatic N) is 5. The monoisotopic (exact) mass is 307 g/mol. The molecule has 0 saturated heterocycles. The molecule has 1 aliphatic heterocycles. The Morgan fingerprint density at radius 3 is 2.83 bits per heavy atom. The van der Waals surface area contributed by atoms with Gasteiger partial charge in [-0.15, -0.1) is 0 Å². The van der Waals surface area contributed by atoms with E-state index in [0.717, 1.165) is 43.3 Å². The van der Waals surface area contributed by atoms with Crippen LogP contribution in [0, 0.1) is 0 Å². The molecule has 0 amide bonds. The summed E-state index contributed by atoms with van der Waals surface area (Å²) >= 11 is 0. The van der Waals surface area contributed by atoms with Gasteiger partial charge in [-0.05, 0) is 31.0 Å². The van der Waals surface area contributed by atoms with Crippen LogP contribution in [-0.4, -0.2) is 43.1 Å². The fourth-order valence-electron chi connectivity index (χ4n) is 3.87. The third kappa shape index (κ3) is 2.18. The van der Waals surface area contributed by atoms with Crippen LogP contribution in [0.2, 0.25) is 0 Å². The largest absolute Gasteiger partial charge is 0.327 e. The van der Waals surface area contributed by atoms with Gasteiger partial charge in [-0.1, -0.05) is 6.42 Å². The highest BCUT2D eigenvalue weighted by Gasteiger charge is 2.27. The molecule has 1 saturated carbocycles. The molecule has 118 valence electrons. The molecule has 0 bridgehead atoms. The van der Waals surface area contributed by atoms with Crippen molar-refractivity contribution in [2.45, 2.75) is 38.3 Å². The van der Waals surface area contributed by atoms with Crippen LogP contribution >= 0.6 is 0 Å². The van der Waals surface area contributed by atoms with Crippen molar-refractivity contribution in [2.75, 3.05) is 13.1 Å². The lowest BCUT2D eigenvalue weighted by molar-refractivity contribution is 0.130. The summed E-state index contributed by atoms with van der Waals surface area (Å²) in [4.78, 5) is 11.7. The van der Waals surface area contributed by atoms with Gasteiger partial charge in [0.05, 0.1) is 17.4 Å². The lowest BCUT2D eigenvalue weighted by Crippen LogP contribution is -2.41. The van der Waals surface area contributed by atoms with E-state index >= 15 is 0 Å². The summed E-state index contributed by atoms with van der Waals surface area (Å²) in [5.41, 5.74) is 3.51. The van der Waals surface area contributed by atoms with E-state index in [0.29, 0.717) is 0 Å². The second kappa shape index (κ2) is 5.20. The number of hydrogen-bond acceptors (Lipinski definition) is 3. The second-order valence-corrected chi connectivity index (χ2v) is 6.69. The van der Waals surface area contributed by atoms with Crippen LogP contribution in [0.1, 0.15) is 25.1 Å². The lowest BCUT2D eigenvalue weighted by Gasteiger charge is -2.36. The average Bonchev–Trinajstić information content (AvgIpc) is 3.11. The molecule has 0 N–H and O–H groups in total. The third-order valence-electron chi connectivity index (χ3n) is 5.44. The third-order valence-corrected chi connectivity index (χ3v) is 5.44. The standard InChI is InChI=1S/C18H21N5/c1-2-14(3-1)21-8-6-18-20-16-5-4-15(22-9-7-19-13-22)12-17(16)23(18)11-10-21/h4-5,7,9,12-14H,1-3,6,8,10-11H2. The SMILES string of the molecule is c1cn(-c2ccc3nc4n(c3c2)CCN(C2CCC2)CC4)cn1. The summed E-state index contributed by atoms with van der Waals surface area (Å²) in [7, 11) is 0. The molecule has 5 heteroatoms. The van der Waals surface area contributed by atoms with E-state index < -0.39 is 0 Å². The molecule has 0 radical (unpaired) electrons. The Labute approximate surface area is 135 Å². The molecule has 0 unspecified atom stereocenters. The highest BCUT2D eigenvalue weighted by molar-refractivity contribution is 5.78. The van der Waals surface area contributed by atoms with Gasteiger partial charge in [-0.3, -0.25) is 4.90 Å². The van der Waals surface area contributed by atoms with Gasteiger partial charge in [0.25, 0.3) is 0 Å². The number of benzene rings is 1. The highest BCUT2D eigenvalue weighted by atomic mass is 15.2. The maximum Gasteiger partial charge on any atom is 0.111 e. The van der Waals surface area contributed by atoms with Crippen molar-refractivity contribution in [2.24, 2.45) is 0 Å². The fourth-order valence-corrected chi connectivity index (χ4v) is 3.87.